The number of para-hydroxylation sites is 1. The monoisotopic (exact) mass is 280 g/mol. The highest BCUT2D eigenvalue weighted by Gasteiger charge is 2.19. The number of carbonyl (C=O) groups excluding carboxylic acids is 1. The van der Waals surface area contributed by atoms with E-state index in [1.165, 1.54) is 0 Å². The molecule has 0 aliphatic carbocycles. The quantitative estimate of drug-likeness (QED) is 0.915. The maximum atomic E-state index is 12.2. The van der Waals surface area contributed by atoms with Gasteiger partial charge in [-0.3, -0.25) is 4.79 Å². The third-order valence-electron chi connectivity index (χ3n) is 3.17. The fourth-order valence-electron chi connectivity index (χ4n) is 2.06. The lowest BCUT2D eigenvalue weighted by Crippen LogP contribution is -2.28. The van der Waals surface area contributed by atoms with Crippen LogP contribution >= 0.6 is 0 Å². The zero-order valence-corrected chi connectivity index (χ0v) is 11.7. The Morgan fingerprint density at radius 3 is 2.52 bits per heavy atom. The number of hydrogen-bond acceptors (Lipinski definition) is 3. The first-order valence-electron chi connectivity index (χ1n) is 6.60. The molecule has 0 aliphatic rings. The summed E-state index contributed by atoms with van der Waals surface area (Å²) in [5.74, 6) is -0.401. The van der Waals surface area contributed by atoms with Crippen LogP contribution in [0.3, 0.4) is 0 Å². The van der Waals surface area contributed by atoms with Crippen molar-refractivity contribution in [3.05, 3.63) is 65.7 Å². The van der Waals surface area contributed by atoms with Gasteiger partial charge in [0, 0.05) is 12.1 Å². The van der Waals surface area contributed by atoms with E-state index in [2.05, 4.69) is 5.32 Å². The molecule has 0 saturated heterocycles. The van der Waals surface area contributed by atoms with Crippen molar-refractivity contribution in [1.82, 2.24) is 5.32 Å². The van der Waals surface area contributed by atoms with E-state index in [0.717, 1.165) is 5.56 Å². The molecule has 21 heavy (non-hydrogen) atoms. The summed E-state index contributed by atoms with van der Waals surface area (Å²) >= 11 is 0. The average molecular weight is 280 g/mol. The van der Waals surface area contributed by atoms with Crippen LogP contribution in [0.25, 0.3) is 0 Å². The molecule has 106 valence electrons. The summed E-state index contributed by atoms with van der Waals surface area (Å²) in [4.78, 5) is 12.2. The van der Waals surface area contributed by atoms with Crippen LogP contribution in [0.2, 0.25) is 0 Å². The topological polar surface area (TPSA) is 62.1 Å². The van der Waals surface area contributed by atoms with Crippen molar-refractivity contribution in [3.8, 4) is 11.8 Å². The number of benzene rings is 2. The van der Waals surface area contributed by atoms with E-state index in [9.17, 15) is 10.1 Å². The number of ether oxygens (including phenoxy) is 1. The molecular weight excluding hydrogens is 264 g/mol. The fraction of sp³-hybridized carbons (Fsp3) is 0.176. The standard InChI is InChI=1S/C17H16N2O2/c1-21-16-10-6-5-9-14(16)12-19-17(20)15(11-18)13-7-3-2-4-8-13/h2-10,15H,12H2,1H3,(H,19,20). The molecule has 1 N–H and O–H groups in total. The van der Waals surface area contributed by atoms with Crippen LogP contribution in [0.1, 0.15) is 17.0 Å². The van der Waals surface area contributed by atoms with Gasteiger partial charge in [0.15, 0.2) is 0 Å². The maximum absolute atomic E-state index is 12.2. The van der Waals surface area contributed by atoms with E-state index in [-0.39, 0.29) is 5.91 Å². The van der Waals surface area contributed by atoms with Gasteiger partial charge in [0.2, 0.25) is 5.91 Å². The van der Waals surface area contributed by atoms with Gasteiger partial charge in [0.25, 0.3) is 0 Å². The van der Waals surface area contributed by atoms with Gasteiger partial charge in [0.05, 0.1) is 13.2 Å². The lowest BCUT2D eigenvalue weighted by Gasteiger charge is -2.12. The number of nitrogens with zero attached hydrogens (tertiary/aromatic N) is 1. The minimum Gasteiger partial charge on any atom is -0.496 e. The van der Waals surface area contributed by atoms with Crippen LogP contribution in [0, 0.1) is 11.3 Å². The summed E-state index contributed by atoms with van der Waals surface area (Å²) in [7, 11) is 1.59. The highest BCUT2D eigenvalue weighted by atomic mass is 16.5. The van der Waals surface area contributed by atoms with Gasteiger partial charge in [-0.05, 0) is 11.6 Å². The van der Waals surface area contributed by atoms with E-state index in [0.29, 0.717) is 17.9 Å². The van der Waals surface area contributed by atoms with Crippen molar-refractivity contribution in [2.24, 2.45) is 0 Å². The summed E-state index contributed by atoms with van der Waals surface area (Å²) < 4.78 is 5.23. The Kier molecular flexibility index (Phi) is 4.94. The number of rotatable bonds is 5. The number of amides is 1. The summed E-state index contributed by atoms with van der Waals surface area (Å²) in [6.07, 6.45) is 0. The van der Waals surface area contributed by atoms with Gasteiger partial charge in [0.1, 0.15) is 11.7 Å². The minimum absolute atomic E-state index is 0.311. The molecule has 1 unspecified atom stereocenters. The largest absolute Gasteiger partial charge is 0.496 e. The molecule has 2 aromatic rings. The number of hydrogen-bond donors (Lipinski definition) is 1. The minimum atomic E-state index is -0.805. The van der Waals surface area contributed by atoms with Crippen LogP contribution in [0.5, 0.6) is 5.75 Å². The molecule has 2 rings (SSSR count). The van der Waals surface area contributed by atoms with Crippen molar-refractivity contribution in [2.75, 3.05) is 7.11 Å². The highest BCUT2D eigenvalue weighted by Crippen LogP contribution is 2.18. The van der Waals surface area contributed by atoms with Crippen LogP contribution < -0.4 is 10.1 Å². The van der Waals surface area contributed by atoms with E-state index in [1.807, 2.05) is 48.5 Å². The molecule has 0 spiro atoms. The molecular formula is C17H16N2O2. The van der Waals surface area contributed by atoms with Gasteiger partial charge >= 0.3 is 0 Å². The number of nitrogens with one attached hydrogen (secondary N) is 1. The Bertz CT molecular complexity index is 647. The Hall–Kier alpha value is -2.80. The summed E-state index contributed by atoms with van der Waals surface area (Å²) in [5.41, 5.74) is 1.57. The lowest BCUT2D eigenvalue weighted by atomic mass is 10.00. The molecule has 1 atom stereocenters. The number of methoxy groups -OCH3 is 1. The predicted molar refractivity (Wildman–Crippen MR) is 79.6 cm³/mol. The number of nitriles is 1. The van der Waals surface area contributed by atoms with Crippen molar-refractivity contribution in [3.63, 3.8) is 0 Å². The van der Waals surface area contributed by atoms with Gasteiger partial charge < -0.3 is 10.1 Å². The van der Waals surface area contributed by atoms with Crippen LogP contribution in [-0.4, -0.2) is 13.0 Å². The van der Waals surface area contributed by atoms with Crippen molar-refractivity contribution < 1.29 is 9.53 Å². The third-order valence-corrected chi connectivity index (χ3v) is 3.17. The van der Waals surface area contributed by atoms with Crippen molar-refractivity contribution >= 4 is 5.91 Å². The van der Waals surface area contributed by atoms with Crippen molar-refractivity contribution in [1.29, 1.82) is 5.26 Å². The Morgan fingerprint density at radius 1 is 1.19 bits per heavy atom. The number of carbonyl (C=O) groups is 1. The van der Waals surface area contributed by atoms with E-state index < -0.39 is 5.92 Å². The first-order chi connectivity index (χ1) is 10.3. The summed E-state index contributed by atoms with van der Waals surface area (Å²) in [6.45, 7) is 0.327. The van der Waals surface area contributed by atoms with E-state index in [1.54, 1.807) is 19.2 Å². The van der Waals surface area contributed by atoms with Gasteiger partial charge in [-0.1, -0.05) is 48.5 Å². The molecule has 0 bridgehead atoms. The first kappa shape index (κ1) is 14.6. The predicted octanol–water partition coefficient (Wildman–Crippen LogP) is 2.62. The van der Waals surface area contributed by atoms with E-state index >= 15 is 0 Å². The molecule has 4 nitrogen and oxygen atoms in total. The molecule has 0 aliphatic heterocycles. The molecule has 4 heteroatoms. The van der Waals surface area contributed by atoms with Gasteiger partial charge in [-0.25, -0.2) is 0 Å². The first-order valence-corrected chi connectivity index (χ1v) is 6.60. The SMILES string of the molecule is COc1ccccc1CNC(=O)C(C#N)c1ccccc1. The Balaban J connectivity index is 2.06. The summed E-state index contributed by atoms with van der Waals surface area (Å²) in [6, 6.07) is 18.5. The molecule has 0 radical (unpaired) electrons. The lowest BCUT2D eigenvalue weighted by molar-refractivity contribution is -0.121. The molecule has 0 aromatic heterocycles. The zero-order chi connectivity index (χ0) is 15.1. The van der Waals surface area contributed by atoms with E-state index in [4.69, 9.17) is 4.74 Å². The second-order valence-electron chi connectivity index (χ2n) is 4.50. The van der Waals surface area contributed by atoms with Crippen LogP contribution in [0.4, 0.5) is 0 Å². The molecule has 0 fully saturated rings. The second kappa shape index (κ2) is 7.11. The summed E-state index contributed by atoms with van der Waals surface area (Å²) in [5, 5.41) is 12.0. The van der Waals surface area contributed by atoms with Gasteiger partial charge in [-0.15, -0.1) is 0 Å². The molecule has 0 heterocycles. The van der Waals surface area contributed by atoms with Crippen molar-refractivity contribution in [2.45, 2.75) is 12.5 Å². The highest BCUT2D eigenvalue weighted by molar-refractivity contribution is 5.86. The van der Waals surface area contributed by atoms with Crippen LogP contribution in [0.15, 0.2) is 54.6 Å². The Labute approximate surface area is 124 Å². The fourth-order valence-corrected chi connectivity index (χ4v) is 2.06. The zero-order valence-electron chi connectivity index (χ0n) is 11.7. The third kappa shape index (κ3) is 3.61. The van der Waals surface area contributed by atoms with Gasteiger partial charge in [-0.2, -0.15) is 5.26 Å². The smallest absolute Gasteiger partial charge is 0.242 e. The molecule has 1 amide bonds. The molecule has 2 aromatic carbocycles. The Morgan fingerprint density at radius 2 is 1.86 bits per heavy atom. The normalized spacial score (nSPS) is 11.2. The maximum Gasteiger partial charge on any atom is 0.242 e. The average Bonchev–Trinajstić information content (AvgIpc) is 2.55. The second-order valence-corrected chi connectivity index (χ2v) is 4.50. The molecule has 0 saturated carbocycles. The van der Waals surface area contributed by atoms with Crippen LogP contribution in [-0.2, 0) is 11.3 Å².